The number of methoxy groups -OCH3 is 2. The number of fused-ring (bicyclic) bond motifs is 2. The summed E-state index contributed by atoms with van der Waals surface area (Å²) in [5.41, 5.74) is 1.15. The predicted molar refractivity (Wildman–Crippen MR) is 121 cm³/mol. The Morgan fingerprint density at radius 1 is 1.09 bits per heavy atom. The highest BCUT2D eigenvalue weighted by Gasteiger charge is 2.50. The summed E-state index contributed by atoms with van der Waals surface area (Å²) in [7, 11) is 2.80. The van der Waals surface area contributed by atoms with E-state index in [2.05, 4.69) is 20.0 Å². The standard InChI is InChI=1S/C24H20N4O5/c1-32-16-7-5-6-15(13-16)28-21(29)17-8-3-4-9-18(17)24(28,31)14-10-11-19-20(12-14)26-22(25-19)27-23(30)33-2/h3-13,31H,1-2H3,(H2,25,26,27,30). The maximum atomic E-state index is 13.5. The van der Waals surface area contributed by atoms with E-state index >= 15 is 0 Å². The molecule has 9 heteroatoms. The maximum absolute atomic E-state index is 13.5. The van der Waals surface area contributed by atoms with Gasteiger partial charge in [-0.15, -0.1) is 0 Å². The third-order valence-electron chi connectivity index (χ3n) is 5.66. The van der Waals surface area contributed by atoms with Crippen LogP contribution in [0.15, 0.2) is 66.7 Å². The first-order valence-electron chi connectivity index (χ1n) is 10.1. The first-order chi connectivity index (χ1) is 16.0. The summed E-state index contributed by atoms with van der Waals surface area (Å²) in [6, 6.07) is 19.0. The summed E-state index contributed by atoms with van der Waals surface area (Å²) in [5.74, 6) is 0.425. The lowest BCUT2D eigenvalue weighted by Gasteiger charge is -2.35. The summed E-state index contributed by atoms with van der Waals surface area (Å²) in [5, 5.41) is 14.6. The number of rotatable bonds is 4. The number of aromatic nitrogens is 2. The zero-order valence-electron chi connectivity index (χ0n) is 17.8. The average Bonchev–Trinajstić information content (AvgIpc) is 3.34. The van der Waals surface area contributed by atoms with Crippen LogP contribution in [0, 0.1) is 0 Å². The molecule has 0 aliphatic carbocycles. The molecule has 0 saturated carbocycles. The molecule has 3 N–H and O–H groups in total. The van der Waals surface area contributed by atoms with Crippen molar-refractivity contribution < 1.29 is 24.2 Å². The van der Waals surface area contributed by atoms with Crippen LogP contribution in [0.25, 0.3) is 11.0 Å². The van der Waals surface area contributed by atoms with Gasteiger partial charge in [-0.1, -0.05) is 30.3 Å². The second kappa shape index (κ2) is 7.64. The second-order valence-corrected chi connectivity index (χ2v) is 7.49. The Balaban J connectivity index is 1.68. The molecule has 9 nitrogen and oxygen atoms in total. The van der Waals surface area contributed by atoms with Crippen LogP contribution in [0.5, 0.6) is 5.75 Å². The minimum absolute atomic E-state index is 0.202. The second-order valence-electron chi connectivity index (χ2n) is 7.49. The Morgan fingerprint density at radius 2 is 1.91 bits per heavy atom. The van der Waals surface area contributed by atoms with Crippen LogP contribution in [-0.2, 0) is 10.5 Å². The van der Waals surface area contributed by atoms with Gasteiger partial charge in [0.05, 0.1) is 30.9 Å². The number of hydrogen-bond acceptors (Lipinski definition) is 6. The van der Waals surface area contributed by atoms with Crippen molar-refractivity contribution in [2.45, 2.75) is 5.72 Å². The van der Waals surface area contributed by atoms with E-state index in [1.807, 2.05) is 0 Å². The molecule has 1 aromatic heterocycles. The van der Waals surface area contributed by atoms with Crippen LogP contribution in [0.1, 0.15) is 21.5 Å². The number of carbonyl (C=O) groups is 2. The van der Waals surface area contributed by atoms with Gasteiger partial charge in [-0.25, -0.2) is 9.78 Å². The topological polar surface area (TPSA) is 117 Å². The highest BCUT2D eigenvalue weighted by molar-refractivity contribution is 6.12. The Kier molecular flexibility index (Phi) is 4.75. The Bertz CT molecular complexity index is 1400. The third-order valence-corrected chi connectivity index (χ3v) is 5.66. The molecule has 1 unspecified atom stereocenters. The molecule has 3 aromatic carbocycles. The number of nitrogens with one attached hydrogen (secondary N) is 2. The Labute approximate surface area is 188 Å². The van der Waals surface area contributed by atoms with Gasteiger partial charge in [0.15, 0.2) is 5.72 Å². The summed E-state index contributed by atoms with van der Waals surface area (Å²) in [6.45, 7) is 0. The van der Waals surface area contributed by atoms with Crippen LogP contribution < -0.4 is 15.0 Å². The van der Waals surface area contributed by atoms with Crippen molar-refractivity contribution >= 4 is 34.7 Å². The van der Waals surface area contributed by atoms with Gasteiger partial charge < -0.3 is 19.6 Å². The molecule has 1 atom stereocenters. The highest BCUT2D eigenvalue weighted by atomic mass is 16.5. The van der Waals surface area contributed by atoms with Gasteiger partial charge in [-0.05, 0) is 30.3 Å². The number of carbonyl (C=O) groups excluding carboxylic acids is 2. The van der Waals surface area contributed by atoms with Crippen molar-refractivity contribution in [3.63, 3.8) is 0 Å². The summed E-state index contributed by atoms with van der Waals surface area (Å²) < 4.78 is 9.92. The van der Waals surface area contributed by atoms with Gasteiger partial charge in [-0.2, -0.15) is 0 Å². The molecule has 4 aromatic rings. The number of benzene rings is 3. The van der Waals surface area contributed by atoms with E-state index in [4.69, 9.17) is 4.74 Å². The lowest BCUT2D eigenvalue weighted by molar-refractivity contribution is 0.0704. The van der Waals surface area contributed by atoms with E-state index in [-0.39, 0.29) is 11.9 Å². The monoisotopic (exact) mass is 444 g/mol. The SMILES string of the molecule is COC(=O)Nc1nc2ccc(C3(O)c4ccccc4C(=O)N3c3cccc(OC)c3)cc2[nH]1. The largest absolute Gasteiger partial charge is 0.497 e. The minimum Gasteiger partial charge on any atom is -0.497 e. The van der Waals surface area contributed by atoms with E-state index < -0.39 is 11.8 Å². The molecule has 33 heavy (non-hydrogen) atoms. The number of aromatic amines is 1. The number of imidazole rings is 1. The predicted octanol–water partition coefficient (Wildman–Crippen LogP) is 3.60. The molecule has 166 valence electrons. The van der Waals surface area contributed by atoms with E-state index in [1.54, 1.807) is 66.7 Å². The molecular formula is C24H20N4O5. The van der Waals surface area contributed by atoms with Crippen molar-refractivity contribution in [2.75, 3.05) is 24.4 Å². The van der Waals surface area contributed by atoms with Crippen LogP contribution in [0.3, 0.4) is 0 Å². The number of ether oxygens (including phenoxy) is 2. The summed E-state index contributed by atoms with van der Waals surface area (Å²) in [6.07, 6.45) is -0.660. The average molecular weight is 444 g/mol. The fourth-order valence-electron chi connectivity index (χ4n) is 4.13. The zero-order chi connectivity index (χ0) is 23.2. The van der Waals surface area contributed by atoms with E-state index in [0.717, 1.165) is 0 Å². The zero-order valence-corrected chi connectivity index (χ0v) is 17.8. The first kappa shape index (κ1) is 20.5. The summed E-state index contributed by atoms with van der Waals surface area (Å²) >= 11 is 0. The molecule has 0 fully saturated rings. The number of H-pyrrole nitrogens is 1. The van der Waals surface area contributed by atoms with E-state index in [0.29, 0.717) is 39.2 Å². The van der Waals surface area contributed by atoms with E-state index in [1.165, 1.54) is 19.1 Å². The van der Waals surface area contributed by atoms with Crippen molar-refractivity contribution in [3.05, 3.63) is 83.4 Å². The quantitative estimate of drug-likeness (QED) is 0.443. The molecule has 1 aliphatic rings. The van der Waals surface area contributed by atoms with Gasteiger partial charge in [0.1, 0.15) is 5.75 Å². The highest BCUT2D eigenvalue weighted by Crippen LogP contribution is 2.45. The molecule has 2 heterocycles. The van der Waals surface area contributed by atoms with Gasteiger partial charge in [0, 0.05) is 22.8 Å². The van der Waals surface area contributed by atoms with E-state index in [9.17, 15) is 14.7 Å². The first-order valence-corrected chi connectivity index (χ1v) is 10.1. The molecule has 1 aliphatic heterocycles. The number of nitrogens with zero attached hydrogens (tertiary/aromatic N) is 2. The number of amides is 2. The van der Waals surface area contributed by atoms with Crippen LogP contribution >= 0.6 is 0 Å². The number of aliphatic hydroxyl groups is 1. The fraction of sp³-hybridized carbons (Fsp3) is 0.125. The Hall–Kier alpha value is -4.37. The normalized spacial score (nSPS) is 17.2. The van der Waals surface area contributed by atoms with Crippen molar-refractivity contribution in [3.8, 4) is 5.75 Å². The lowest BCUT2D eigenvalue weighted by Crippen LogP contribution is -2.45. The molecule has 5 rings (SSSR count). The Morgan fingerprint density at radius 3 is 2.70 bits per heavy atom. The third kappa shape index (κ3) is 3.17. The van der Waals surface area contributed by atoms with Crippen LogP contribution in [-0.4, -0.2) is 41.3 Å². The number of anilines is 2. The smallest absolute Gasteiger partial charge is 0.413 e. The van der Waals surface area contributed by atoms with Gasteiger partial charge in [-0.3, -0.25) is 15.0 Å². The maximum Gasteiger partial charge on any atom is 0.413 e. The van der Waals surface area contributed by atoms with Crippen molar-refractivity contribution in [1.82, 2.24) is 9.97 Å². The van der Waals surface area contributed by atoms with Crippen LogP contribution in [0.4, 0.5) is 16.4 Å². The molecule has 2 amide bonds. The number of hydrogen-bond donors (Lipinski definition) is 3. The minimum atomic E-state index is -1.78. The van der Waals surface area contributed by atoms with Gasteiger partial charge in [0.2, 0.25) is 5.95 Å². The lowest BCUT2D eigenvalue weighted by atomic mass is 9.93. The van der Waals surface area contributed by atoms with Gasteiger partial charge in [0.25, 0.3) is 5.91 Å². The van der Waals surface area contributed by atoms with Gasteiger partial charge >= 0.3 is 6.09 Å². The van der Waals surface area contributed by atoms with Crippen molar-refractivity contribution in [1.29, 1.82) is 0 Å². The summed E-state index contributed by atoms with van der Waals surface area (Å²) in [4.78, 5) is 33.6. The van der Waals surface area contributed by atoms with Crippen molar-refractivity contribution in [2.24, 2.45) is 0 Å². The fourth-order valence-corrected chi connectivity index (χ4v) is 4.13. The molecule has 0 bridgehead atoms. The molecule has 0 spiro atoms. The molecule has 0 saturated heterocycles. The molecule has 0 radical (unpaired) electrons. The van der Waals surface area contributed by atoms with Crippen LogP contribution in [0.2, 0.25) is 0 Å². The molecular weight excluding hydrogens is 424 g/mol.